The third kappa shape index (κ3) is 3.97. The lowest BCUT2D eigenvalue weighted by molar-refractivity contribution is -0.123. The number of halogens is 2. The van der Waals surface area contributed by atoms with Crippen LogP contribution in [0.1, 0.15) is 19.4 Å². The van der Waals surface area contributed by atoms with E-state index < -0.39 is 43.0 Å². The summed E-state index contributed by atoms with van der Waals surface area (Å²) in [6.07, 6.45) is 0. The van der Waals surface area contributed by atoms with E-state index in [0.717, 1.165) is 18.2 Å². The summed E-state index contributed by atoms with van der Waals surface area (Å²) in [4.78, 5) is 12.3. The van der Waals surface area contributed by atoms with Gasteiger partial charge in [-0.1, -0.05) is 0 Å². The molecule has 0 aliphatic carbocycles. The van der Waals surface area contributed by atoms with Crippen LogP contribution in [-0.4, -0.2) is 28.5 Å². The fraction of sp³-hybridized carbons (Fsp3) is 0.278. The van der Waals surface area contributed by atoms with E-state index in [0.29, 0.717) is 10.4 Å². The molecular formula is C18H18F2N2O5S2. The van der Waals surface area contributed by atoms with E-state index in [-0.39, 0.29) is 27.6 Å². The summed E-state index contributed by atoms with van der Waals surface area (Å²) in [5.41, 5.74) is -1.22. The third-order valence-corrected chi connectivity index (χ3v) is 7.94. The lowest BCUT2D eigenvalue weighted by atomic mass is 9.95. The summed E-state index contributed by atoms with van der Waals surface area (Å²) < 4.78 is 79.4. The number of hydrogen-bond donors (Lipinski definition) is 1. The molecule has 3 rings (SSSR count). The van der Waals surface area contributed by atoms with Gasteiger partial charge in [-0.25, -0.2) is 29.9 Å². The van der Waals surface area contributed by atoms with Crippen LogP contribution in [0.3, 0.4) is 0 Å². The minimum absolute atomic E-state index is 0.0221. The van der Waals surface area contributed by atoms with Gasteiger partial charge < -0.3 is 0 Å². The number of amides is 1. The second-order valence-electron chi connectivity index (χ2n) is 7.42. The molecule has 1 amide bonds. The Balaban J connectivity index is 1.98. The Morgan fingerprint density at radius 3 is 2.14 bits per heavy atom. The number of carbonyl (C=O) groups excluding carboxylic acids is 1. The Morgan fingerprint density at radius 2 is 1.66 bits per heavy atom. The van der Waals surface area contributed by atoms with Crippen molar-refractivity contribution in [1.29, 1.82) is 0 Å². The molecule has 1 N–H and O–H groups in total. The van der Waals surface area contributed by atoms with Crippen LogP contribution in [0, 0.1) is 24.0 Å². The number of nitrogens with zero attached hydrogens (tertiary/aromatic N) is 1. The zero-order valence-electron chi connectivity index (χ0n) is 15.7. The van der Waals surface area contributed by atoms with E-state index in [4.69, 9.17) is 0 Å². The van der Waals surface area contributed by atoms with Crippen molar-refractivity contribution < 1.29 is 30.4 Å². The Morgan fingerprint density at radius 1 is 1.07 bits per heavy atom. The van der Waals surface area contributed by atoms with E-state index in [1.165, 1.54) is 32.9 Å². The monoisotopic (exact) mass is 444 g/mol. The summed E-state index contributed by atoms with van der Waals surface area (Å²) in [7, 11) is -8.10. The highest BCUT2D eigenvalue weighted by atomic mass is 32.2. The molecule has 0 spiro atoms. The molecule has 29 heavy (non-hydrogen) atoms. The average molecular weight is 444 g/mol. The number of aryl methyl sites for hydroxylation is 1. The standard InChI is InChI=1S/C18H18F2N2O5S2/c1-11-6-15(22-17(23)18(2,3)10-28(22,24)25)4-5-16(11)29(26,27)21-14-8-12(19)7-13(20)9-14/h4-9,21H,10H2,1-3H3. The van der Waals surface area contributed by atoms with E-state index in [1.54, 1.807) is 0 Å². The quantitative estimate of drug-likeness (QED) is 0.782. The maximum Gasteiger partial charge on any atom is 0.262 e. The van der Waals surface area contributed by atoms with Crippen molar-refractivity contribution in [2.75, 3.05) is 14.8 Å². The summed E-state index contributed by atoms with van der Waals surface area (Å²) in [5.74, 6) is -2.86. The highest BCUT2D eigenvalue weighted by Crippen LogP contribution is 2.36. The molecule has 7 nitrogen and oxygen atoms in total. The summed E-state index contributed by atoms with van der Waals surface area (Å²) in [5, 5.41) is 0. The van der Waals surface area contributed by atoms with Crippen LogP contribution in [0.15, 0.2) is 41.3 Å². The molecule has 1 aliphatic rings. The molecule has 0 atom stereocenters. The Labute approximate surface area is 167 Å². The normalized spacial score (nSPS) is 18.1. The molecular weight excluding hydrogens is 426 g/mol. The van der Waals surface area contributed by atoms with Crippen molar-refractivity contribution in [3.05, 3.63) is 53.6 Å². The van der Waals surface area contributed by atoms with Gasteiger partial charge in [0, 0.05) is 6.07 Å². The first-order valence-corrected chi connectivity index (χ1v) is 11.5. The summed E-state index contributed by atoms with van der Waals surface area (Å²) in [6, 6.07) is 5.84. The summed E-state index contributed by atoms with van der Waals surface area (Å²) >= 11 is 0. The van der Waals surface area contributed by atoms with Crippen molar-refractivity contribution in [3.63, 3.8) is 0 Å². The largest absolute Gasteiger partial charge is 0.279 e. The van der Waals surface area contributed by atoms with Crippen LogP contribution in [-0.2, 0) is 24.8 Å². The molecule has 11 heteroatoms. The fourth-order valence-electron chi connectivity index (χ4n) is 3.15. The van der Waals surface area contributed by atoms with E-state index in [9.17, 15) is 30.4 Å². The van der Waals surface area contributed by atoms with Crippen LogP contribution in [0.5, 0.6) is 0 Å². The van der Waals surface area contributed by atoms with Gasteiger partial charge in [-0.15, -0.1) is 0 Å². The first-order valence-electron chi connectivity index (χ1n) is 8.40. The zero-order valence-corrected chi connectivity index (χ0v) is 17.4. The van der Waals surface area contributed by atoms with Gasteiger partial charge in [-0.05, 0) is 56.7 Å². The van der Waals surface area contributed by atoms with Gasteiger partial charge in [0.2, 0.25) is 15.9 Å². The second kappa shape index (κ2) is 6.77. The third-order valence-electron chi connectivity index (χ3n) is 4.38. The predicted octanol–water partition coefficient (Wildman–Crippen LogP) is 2.78. The molecule has 0 aromatic heterocycles. The smallest absolute Gasteiger partial charge is 0.262 e. The maximum absolute atomic E-state index is 13.3. The van der Waals surface area contributed by atoms with E-state index in [2.05, 4.69) is 4.72 Å². The molecule has 2 aromatic carbocycles. The molecule has 156 valence electrons. The van der Waals surface area contributed by atoms with Crippen LogP contribution >= 0.6 is 0 Å². The van der Waals surface area contributed by atoms with Gasteiger partial charge in [0.05, 0.1) is 27.4 Å². The van der Waals surface area contributed by atoms with E-state index >= 15 is 0 Å². The van der Waals surface area contributed by atoms with Gasteiger partial charge in [0.15, 0.2) is 0 Å². The number of carbonyl (C=O) groups is 1. The summed E-state index contributed by atoms with van der Waals surface area (Å²) in [6.45, 7) is 4.45. The number of rotatable bonds is 4. The van der Waals surface area contributed by atoms with Gasteiger partial charge in [-0.3, -0.25) is 9.52 Å². The predicted molar refractivity (Wildman–Crippen MR) is 103 cm³/mol. The van der Waals surface area contributed by atoms with Crippen molar-refractivity contribution in [2.45, 2.75) is 25.7 Å². The Hall–Kier alpha value is -2.53. The Kier molecular flexibility index (Phi) is 4.94. The van der Waals surface area contributed by atoms with Crippen molar-refractivity contribution in [1.82, 2.24) is 0 Å². The van der Waals surface area contributed by atoms with Crippen LogP contribution in [0.4, 0.5) is 20.2 Å². The number of anilines is 2. The zero-order chi connectivity index (χ0) is 21.8. The molecule has 0 saturated carbocycles. The average Bonchev–Trinajstić information content (AvgIpc) is 2.68. The first kappa shape index (κ1) is 21.2. The van der Waals surface area contributed by atoms with Crippen molar-refractivity contribution in [2.24, 2.45) is 5.41 Å². The van der Waals surface area contributed by atoms with Crippen molar-refractivity contribution in [3.8, 4) is 0 Å². The molecule has 1 fully saturated rings. The van der Waals surface area contributed by atoms with E-state index in [1.807, 2.05) is 0 Å². The minimum Gasteiger partial charge on any atom is -0.279 e. The van der Waals surface area contributed by atoms with Crippen LogP contribution < -0.4 is 9.03 Å². The number of hydrogen-bond acceptors (Lipinski definition) is 5. The molecule has 2 aromatic rings. The van der Waals surface area contributed by atoms with Gasteiger partial charge >= 0.3 is 0 Å². The highest BCUT2D eigenvalue weighted by Gasteiger charge is 2.50. The van der Waals surface area contributed by atoms with Crippen molar-refractivity contribution >= 4 is 37.3 Å². The fourth-order valence-corrected chi connectivity index (χ4v) is 6.51. The molecule has 1 aliphatic heterocycles. The number of sulfonamides is 2. The second-order valence-corrected chi connectivity index (χ2v) is 10.9. The molecule has 0 unspecified atom stereocenters. The number of nitrogens with one attached hydrogen (secondary N) is 1. The number of benzene rings is 2. The highest BCUT2D eigenvalue weighted by molar-refractivity contribution is 7.94. The van der Waals surface area contributed by atoms with Gasteiger partial charge in [0.25, 0.3) is 10.0 Å². The van der Waals surface area contributed by atoms with Crippen LogP contribution in [0.2, 0.25) is 0 Å². The van der Waals surface area contributed by atoms with Gasteiger partial charge in [0.1, 0.15) is 11.6 Å². The lowest BCUT2D eigenvalue weighted by Crippen LogP contribution is -2.33. The first-order chi connectivity index (χ1) is 13.2. The molecule has 1 saturated heterocycles. The SMILES string of the molecule is Cc1cc(N2C(=O)C(C)(C)CS2(=O)=O)ccc1S(=O)(=O)Nc1cc(F)cc(F)c1. The lowest BCUT2D eigenvalue weighted by Gasteiger charge is -2.19. The molecule has 0 bridgehead atoms. The van der Waals surface area contributed by atoms with Crippen LogP contribution in [0.25, 0.3) is 0 Å². The van der Waals surface area contributed by atoms with Gasteiger partial charge in [-0.2, -0.15) is 0 Å². The Bertz CT molecular complexity index is 1200. The molecule has 0 radical (unpaired) electrons. The molecule has 1 heterocycles. The minimum atomic E-state index is -4.22. The maximum atomic E-state index is 13.3. The topological polar surface area (TPSA) is 101 Å².